The summed E-state index contributed by atoms with van der Waals surface area (Å²) in [6.45, 7) is 8.11. The molecule has 0 atom stereocenters. The maximum atomic E-state index is 12.1. The predicted octanol–water partition coefficient (Wildman–Crippen LogP) is 3.23. The van der Waals surface area contributed by atoms with Crippen molar-refractivity contribution >= 4 is 17.0 Å². The van der Waals surface area contributed by atoms with Gasteiger partial charge in [0.1, 0.15) is 5.52 Å². The summed E-state index contributed by atoms with van der Waals surface area (Å²) in [5.74, 6) is 0.123. The Labute approximate surface area is 130 Å². The molecular weight excluding hydrogens is 280 g/mol. The minimum atomic E-state index is -0.412. The zero-order valence-electron chi connectivity index (χ0n) is 13.7. The highest BCUT2D eigenvalue weighted by Crippen LogP contribution is 2.28. The van der Waals surface area contributed by atoms with Crippen molar-refractivity contribution in [2.24, 2.45) is 5.92 Å². The smallest absolute Gasteiger partial charge is 0.332 e. The number of H-pyrrole nitrogens is 1. The van der Waals surface area contributed by atoms with Crippen molar-refractivity contribution in [2.75, 3.05) is 0 Å². The quantitative estimate of drug-likeness (QED) is 0.891. The molecule has 1 aromatic carbocycles. The molecule has 0 aliphatic rings. The van der Waals surface area contributed by atoms with Gasteiger partial charge in [-0.25, -0.2) is 9.59 Å². The number of benzene rings is 1. The second-order valence-electron chi connectivity index (χ2n) is 6.04. The van der Waals surface area contributed by atoms with Crippen LogP contribution in [0.5, 0.6) is 0 Å². The van der Waals surface area contributed by atoms with Gasteiger partial charge in [0.2, 0.25) is 0 Å². The standard InChI is InChI=1S/C17H24N2O3/c1-5-12(6-2)13-8-7-9-14-16(13)19(17(21)18-14)22-15(20)10-11(3)4/h7-9,11-12H,5-6,10H2,1-4H3,(H,18,21). The van der Waals surface area contributed by atoms with Gasteiger partial charge >= 0.3 is 11.7 Å². The van der Waals surface area contributed by atoms with Crippen molar-refractivity contribution in [1.29, 1.82) is 0 Å². The third-order valence-electron chi connectivity index (χ3n) is 3.89. The molecule has 1 N–H and O–H groups in total. The van der Waals surface area contributed by atoms with Crippen molar-refractivity contribution in [3.63, 3.8) is 0 Å². The molecule has 5 nitrogen and oxygen atoms in total. The van der Waals surface area contributed by atoms with E-state index in [0.29, 0.717) is 17.0 Å². The molecule has 1 aromatic heterocycles. The zero-order chi connectivity index (χ0) is 16.3. The number of nitrogens with one attached hydrogen (secondary N) is 1. The number of fused-ring (bicyclic) bond motifs is 1. The molecule has 0 aliphatic heterocycles. The lowest BCUT2D eigenvalue weighted by Crippen LogP contribution is -2.30. The number of imidazole rings is 1. The van der Waals surface area contributed by atoms with Crippen molar-refractivity contribution in [2.45, 2.75) is 52.9 Å². The Balaban J connectivity index is 2.51. The fourth-order valence-corrected chi connectivity index (χ4v) is 2.77. The van der Waals surface area contributed by atoms with Crippen LogP contribution in [-0.4, -0.2) is 15.7 Å². The Morgan fingerprint density at radius 1 is 1.27 bits per heavy atom. The lowest BCUT2D eigenvalue weighted by molar-refractivity contribution is -0.144. The van der Waals surface area contributed by atoms with Crippen molar-refractivity contribution in [3.8, 4) is 0 Å². The maximum absolute atomic E-state index is 12.1. The highest BCUT2D eigenvalue weighted by molar-refractivity contribution is 5.80. The van der Waals surface area contributed by atoms with Gasteiger partial charge in [0.25, 0.3) is 0 Å². The Morgan fingerprint density at radius 3 is 2.55 bits per heavy atom. The van der Waals surface area contributed by atoms with Gasteiger partial charge in [0, 0.05) is 0 Å². The molecule has 0 saturated heterocycles. The van der Waals surface area contributed by atoms with Gasteiger partial charge in [0.05, 0.1) is 11.9 Å². The van der Waals surface area contributed by atoms with E-state index in [9.17, 15) is 9.59 Å². The number of hydrogen-bond acceptors (Lipinski definition) is 3. The van der Waals surface area contributed by atoms with E-state index in [2.05, 4.69) is 18.8 Å². The normalized spacial score (nSPS) is 11.5. The molecule has 5 heteroatoms. The summed E-state index contributed by atoms with van der Waals surface area (Å²) in [5.41, 5.74) is 2.01. The SMILES string of the molecule is CCC(CC)c1cccc2[nH]c(=O)n(OC(=O)CC(C)C)c12. The van der Waals surface area contributed by atoms with Crippen LogP contribution < -0.4 is 10.5 Å². The van der Waals surface area contributed by atoms with Gasteiger partial charge in [-0.15, -0.1) is 4.73 Å². The number of aromatic amines is 1. The van der Waals surface area contributed by atoms with E-state index in [1.807, 2.05) is 32.0 Å². The van der Waals surface area contributed by atoms with Crippen LogP contribution in [0.3, 0.4) is 0 Å². The number of aromatic nitrogens is 2. The molecule has 0 amide bonds. The van der Waals surface area contributed by atoms with Crippen LogP contribution in [0.25, 0.3) is 11.0 Å². The first-order chi connectivity index (χ1) is 10.5. The largest absolute Gasteiger partial charge is 0.360 e. The third-order valence-corrected chi connectivity index (χ3v) is 3.89. The third kappa shape index (κ3) is 3.24. The first kappa shape index (κ1) is 16.3. The van der Waals surface area contributed by atoms with E-state index >= 15 is 0 Å². The maximum Gasteiger partial charge on any atom is 0.360 e. The number of carbonyl (C=O) groups is 1. The molecule has 0 bridgehead atoms. The average Bonchev–Trinajstić information content (AvgIpc) is 2.76. The average molecular weight is 304 g/mol. The van der Waals surface area contributed by atoms with Gasteiger partial charge in [-0.3, -0.25) is 0 Å². The molecule has 2 aromatic rings. The van der Waals surface area contributed by atoms with E-state index < -0.39 is 11.7 Å². The summed E-state index contributed by atoms with van der Waals surface area (Å²) in [6, 6.07) is 5.75. The van der Waals surface area contributed by atoms with Crippen LogP contribution in [0, 0.1) is 5.92 Å². The fourth-order valence-electron chi connectivity index (χ4n) is 2.77. The summed E-state index contributed by atoms with van der Waals surface area (Å²) in [7, 11) is 0. The molecule has 1 heterocycles. The monoisotopic (exact) mass is 304 g/mol. The minimum absolute atomic E-state index is 0.187. The Morgan fingerprint density at radius 2 is 1.95 bits per heavy atom. The minimum Gasteiger partial charge on any atom is -0.332 e. The van der Waals surface area contributed by atoms with Crippen LogP contribution in [-0.2, 0) is 4.79 Å². The second kappa shape index (κ2) is 6.81. The molecule has 0 fully saturated rings. The lowest BCUT2D eigenvalue weighted by Gasteiger charge is -2.15. The Kier molecular flexibility index (Phi) is 5.06. The molecular formula is C17H24N2O3. The van der Waals surface area contributed by atoms with Crippen LogP contribution >= 0.6 is 0 Å². The fraction of sp³-hybridized carbons (Fsp3) is 0.529. The van der Waals surface area contributed by atoms with E-state index in [4.69, 9.17) is 4.84 Å². The molecule has 0 radical (unpaired) electrons. The van der Waals surface area contributed by atoms with Gasteiger partial charge in [-0.2, -0.15) is 0 Å². The van der Waals surface area contributed by atoms with Gasteiger partial charge in [-0.1, -0.05) is 39.8 Å². The summed E-state index contributed by atoms with van der Waals surface area (Å²) in [6.07, 6.45) is 2.22. The lowest BCUT2D eigenvalue weighted by atomic mass is 9.93. The zero-order valence-corrected chi connectivity index (χ0v) is 13.7. The number of hydrogen-bond donors (Lipinski definition) is 1. The first-order valence-corrected chi connectivity index (χ1v) is 7.92. The molecule has 0 aliphatic carbocycles. The van der Waals surface area contributed by atoms with E-state index in [0.717, 1.165) is 23.1 Å². The topological polar surface area (TPSA) is 64.1 Å². The summed E-state index contributed by atoms with van der Waals surface area (Å²) < 4.78 is 1.12. The van der Waals surface area contributed by atoms with Crippen LogP contribution in [0.1, 0.15) is 58.4 Å². The van der Waals surface area contributed by atoms with Crippen molar-refractivity contribution < 1.29 is 9.63 Å². The molecule has 22 heavy (non-hydrogen) atoms. The van der Waals surface area contributed by atoms with E-state index in [1.54, 1.807) is 0 Å². The molecule has 0 spiro atoms. The van der Waals surface area contributed by atoms with Gasteiger partial charge < -0.3 is 9.82 Å². The van der Waals surface area contributed by atoms with Gasteiger partial charge in [-0.05, 0) is 36.3 Å². The first-order valence-electron chi connectivity index (χ1n) is 7.92. The molecule has 0 saturated carbocycles. The Hall–Kier alpha value is -2.04. The van der Waals surface area contributed by atoms with E-state index in [-0.39, 0.29) is 12.3 Å². The Bertz CT molecular complexity index is 708. The van der Waals surface area contributed by atoms with Crippen LogP contribution in [0.4, 0.5) is 0 Å². The number of nitrogens with zero attached hydrogens (tertiary/aromatic N) is 1. The van der Waals surface area contributed by atoms with Gasteiger partial charge in [0.15, 0.2) is 0 Å². The summed E-state index contributed by atoms with van der Waals surface area (Å²) >= 11 is 0. The van der Waals surface area contributed by atoms with Crippen LogP contribution in [0.2, 0.25) is 0 Å². The highest BCUT2D eigenvalue weighted by Gasteiger charge is 2.19. The predicted molar refractivity (Wildman–Crippen MR) is 86.9 cm³/mol. The van der Waals surface area contributed by atoms with Crippen molar-refractivity contribution in [3.05, 3.63) is 34.2 Å². The number of carbonyl (C=O) groups excluding carboxylic acids is 1. The van der Waals surface area contributed by atoms with Crippen LogP contribution in [0.15, 0.2) is 23.0 Å². The highest BCUT2D eigenvalue weighted by atomic mass is 16.7. The number of rotatable bonds is 6. The second-order valence-corrected chi connectivity index (χ2v) is 6.04. The summed E-state index contributed by atoms with van der Waals surface area (Å²) in [4.78, 5) is 32.2. The molecule has 2 rings (SSSR count). The summed E-state index contributed by atoms with van der Waals surface area (Å²) in [5, 5.41) is 0. The molecule has 120 valence electrons. The van der Waals surface area contributed by atoms with E-state index in [1.165, 1.54) is 0 Å². The molecule has 0 unspecified atom stereocenters. The number of para-hydroxylation sites is 1. The van der Waals surface area contributed by atoms with Crippen molar-refractivity contribution in [1.82, 2.24) is 9.71 Å².